The first-order valence-electron chi connectivity index (χ1n) is 4.76. The molecule has 0 N–H and O–H groups in total. The molecular formula is C10H9ClN2O3. The Morgan fingerprint density at radius 3 is 3.12 bits per heavy atom. The normalized spacial score (nSPS) is 20.5. The molecule has 2 rings (SSSR count). The fourth-order valence-electron chi connectivity index (χ4n) is 1.53. The van der Waals surface area contributed by atoms with Crippen LogP contribution < -0.4 is 0 Å². The van der Waals surface area contributed by atoms with Crippen molar-refractivity contribution in [2.75, 3.05) is 19.7 Å². The average molecular weight is 241 g/mol. The lowest BCUT2D eigenvalue weighted by Crippen LogP contribution is -2.45. The van der Waals surface area contributed by atoms with Gasteiger partial charge in [0.15, 0.2) is 6.10 Å². The minimum Gasteiger partial charge on any atom is -0.452 e. The maximum atomic E-state index is 12.0. The van der Waals surface area contributed by atoms with Gasteiger partial charge in [0.1, 0.15) is 0 Å². The Kier molecular flexibility index (Phi) is 3.13. The van der Waals surface area contributed by atoms with Gasteiger partial charge in [0.05, 0.1) is 31.0 Å². The highest BCUT2D eigenvalue weighted by Crippen LogP contribution is 2.19. The fourth-order valence-corrected chi connectivity index (χ4v) is 1.72. The van der Waals surface area contributed by atoms with E-state index >= 15 is 0 Å². The summed E-state index contributed by atoms with van der Waals surface area (Å²) in [5.74, 6) is -0.234. The van der Waals surface area contributed by atoms with Crippen LogP contribution >= 0.6 is 11.6 Å². The summed E-state index contributed by atoms with van der Waals surface area (Å²) in [5.41, 5.74) is 0.320. The van der Waals surface area contributed by atoms with E-state index in [4.69, 9.17) is 26.0 Å². The van der Waals surface area contributed by atoms with Crippen LogP contribution in [0.2, 0.25) is 5.22 Å². The number of carbonyl (C=O) groups is 1. The van der Waals surface area contributed by atoms with Crippen molar-refractivity contribution in [1.82, 2.24) is 4.90 Å². The smallest absolute Gasteiger partial charge is 0.258 e. The molecule has 1 atom stereocenters. The molecule has 16 heavy (non-hydrogen) atoms. The van der Waals surface area contributed by atoms with Crippen LogP contribution in [0.4, 0.5) is 0 Å². The number of furan rings is 1. The number of hydrogen-bond acceptors (Lipinski definition) is 4. The van der Waals surface area contributed by atoms with E-state index in [1.807, 2.05) is 6.07 Å². The molecule has 6 heteroatoms. The van der Waals surface area contributed by atoms with Crippen molar-refractivity contribution in [1.29, 1.82) is 5.26 Å². The highest BCUT2D eigenvalue weighted by atomic mass is 35.5. The van der Waals surface area contributed by atoms with Crippen LogP contribution in [0.25, 0.3) is 0 Å². The maximum Gasteiger partial charge on any atom is 0.258 e. The molecule has 0 bridgehead atoms. The average Bonchev–Trinajstić information content (AvgIpc) is 2.74. The van der Waals surface area contributed by atoms with Crippen molar-refractivity contribution >= 4 is 17.5 Å². The van der Waals surface area contributed by atoms with Gasteiger partial charge in [0.25, 0.3) is 5.91 Å². The number of amides is 1. The summed E-state index contributed by atoms with van der Waals surface area (Å²) in [6.45, 7) is 1.08. The van der Waals surface area contributed by atoms with E-state index < -0.39 is 6.10 Å². The van der Waals surface area contributed by atoms with Gasteiger partial charge in [-0.3, -0.25) is 4.79 Å². The number of ether oxygens (including phenoxy) is 1. The van der Waals surface area contributed by atoms with Crippen molar-refractivity contribution in [2.24, 2.45) is 0 Å². The molecule has 1 aliphatic rings. The first kappa shape index (κ1) is 11.0. The van der Waals surface area contributed by atoms with E-state index in [2.05, 4.69) is 0 Å². The van der Waals surface area contributed by atoms with Crippen LogP contribution in [-0.4, -0.2) is 36.6 Å². The second-order valence-electron chi connectivity index (χ2n) is 3.35. The molecule has 1 amide bonds. The number of morpholine rings is 1. The van der Waals surface area contributed by atoms with E-state index in [0.717, 1.165) is 0 Å². The van der Waals surface area contributed by atoms with Crippen LogP contribution in [0.15, 0.2) is 16.7 Å². The Balaban J connectivity index is 2.11. The predicted octanol–water partition coefficient (Wildman–Crippen LogP) is 1.30. The molecule has 1 saturated heterocycles. The standard InChI is InChI=1S/C10H9ClN2O3/c11-9-8(1-3-16-9)10(14)13-2-4-15-7(5-12)6-13/h1,3,7H,2,4,6H2. The second kappa shape index (κ2) is 4.56. The van der Waals surface area contributed by atoms with Gasteiger partial charge in [-0.05, 0) is 17.7 Å². The maximum absolute atomic E-state index is 12.0. The molecule has 0 radical (unpaired) electrons. The Bertz CT molecular complexity index is 438. The van der Waals surface area contributed by atoms with Crippen LogP contribution in [0.3, 0.4) is 0 Å². The Hall–Kier alpha value is -1.51. The fraction of sp³-hybridized carbons (Fsp3) is 0.400. The third kappa shape index (κ3) is 2.03. The Labute approximate surface area is 97.1 Å². The molecule has 0 aromatic carbocycles. The molecule has 0 saturated carbocycles. The summed E-state index contributed by atoms with van der Waals surface area (Å²) in [6.07, 6.45) is 0.793. The van der Waals surface area contributed by atoms with Crippen molar-refractivity contribution in [3.05, 3.63) is 23.1 Å². The van der Waals surface area contributed by atoms with Crippen LogP contribution in [0, 0.1) is 11.3 Å². The minimum absolute atomic E-state index is 0.0741. The molecule has 1 aromatic rings. The summed E-state index contributed by atoms with van der Waals surface area (Å²) in [7, 11) is 0. The van der Waals surface area contributed by atoms with Gasteiger partial charge in [0, 0.05) is 6.54 Å². The zero-order valence-electron chi connectivity index (χ0n) is 8.35. The van der Waals surface area contributed by atoms with Crippen molar-refractivity contribution in [2.45, 2.75) is 6.10 Å². The monoisotopic (exact) mass is 240 g/mol. The lowest BCUT2D eigenvalue weighted by Gasteiger charge is -2.29. The van der Waals surface area contributed by atoms with Gasteiger partial charge in [-0.1, -0.05) is 0 Å². The Morgan fingerprint density at radius 2 is 2.50 bits per heavy atom. The van der Waals surface area contributed by atoms with Crippen LogP contribution in [0.5, 0.6) is 0 Å². The zero-order valence-corrected chi connectivity index (χ0v) is 9.11. The molecule has 1 fully saturated rings. The quantitative estimate of drug-likeness (QED) is 0.742. The number of nitrogens with zero attached hydrogens (tertiary/aromatic N) is 2. The summed E-state index contributed by atoms with van der Waals surface area (Å²) in [5, 5.41) is 8.79. The van der Waals surface area contributed by atoms with Crippen molar-refractivity contribution in [3.8, 4) is 6.07 Å². The topological polar surface area (TPSA) is 66.5 Å². The van der Waals surface area contributed by atoms with E-state index in [9.17, 15) is 4.79 Å². The van der Waals surface area contributed by atoms with Gasteiger partial charge in [-0.25, -0.2) is 0 Å². The summed E-state index contributed by atoms with van der Waals surface area (Å²) in [6, 6.07) is 3.49. The largest absolute Gasteiger partial charge is 0.452 e. The van der Waals surface area contributed by atoms with Gasteiger partial charge >= 0.3 is 0 Å². The molecule has 5 nitrogen and oxygen atoms in total. The first-order valence-corrected chi connectivity index (χ1v) is 5.13. The molecular weight excluding hydrogens is 232 g/mol. The summed E-state index contributed by atoms with van der Waals surface area (Å²) < 4.78 is 9.99. The van der Waals surface area contributed by atoms with Gasteiger partial charge in [-0.2, -0.15) is 5.26 Å². The van der Waals surface area contributed by atoms with Gasteiger partial charge < -0.3 is 14.1 Å². The number of hydrogen-bond donors (Lipinski definition) is 0. The molecule has 1 unspecified atom stereocenters. The Morgan fingerprint density at radius 1 is 1.69 bits per heavy atom. The number of rotatable bonds is 1. The van der Waals surface area contributed by atoms with Gasteiger partial charge in [-0.15, -0.1) is 0 Å². The van der Waals surface area contributed by atoms with Crippen LogP contribution in [0.1, 0.15) is 10.4 Å². The van der Waals surface area contributed by atoms with Crippen molar-refractivity contribution < 1.29 is 13.9 Å². The molecule has 0 aliphatic carbocycles. The first-order chi connectivity index (χ1) is 7.72. The van der Waals surface area contributed by atoms with Gasteiger partial charge in [0.2, 0.25) is 5.22 Å². The third-order valence-electron chi connectivity index (χ3n) is 2.35. The highest BCUT2D eigenvalue weighted by Gasteiger charge is 2.26. The minimum atomic E-state index is -0.566. The lowest BCUT2D eigenvalue weighted by atomic mass is 10.2. The zero-order chi connectivity index (χ0) is 11.5. The number of nitriles is 1. The number of halogens is 1. The van der Waals surface area contributed by atoms with E-state index in [0.29, 0.717) is 18.7 Å². The van der Waals surface area contributed by atoms with Crippen LogP contribution in [-0.2, 0) is 4.74 Å². The van der Waals surface area contributed by atoms with Crippen molar-refractivity contribution in [3.63, 3.8) is 0 Å². The molecule has 84 valence electrons. The SMILES string of the molecule is N#CC1CN(C(=O)c2ccoc2Cl)CCO1. The van der Waals surface area contributed by atoms with E-state index in [1.54, 1.807) is 0 Å². The molecule has 1 aromatic heterocycles. The summed E-state index contributed by atoms with van der Waals surface area (Å²) in [4.78, 5) is 13.5. The molecule has 2 heterocycles. The number of carbonyl (C=O) groups excluding carboxylic acids is 1. The summed E-state index contributed by atoms with van der Waals surface area (Å²) >= 11 is 5.71. The molecule has 0 spiro atoms. The third-order valence-corrected chi connectivity index (χ3v) is 2.64. The predicted molar refractivity (Wildman–Crippen MR) is 55.0 cm³/mol. The highest BCUT2D eigenvalue weighted by molar-refractivity contribution is 6.32. The molecule has 1 aliphatic heterocycles. The lowest BCUT2D eigenvalue weighted by molar-refractivity contribution is 0.00344. The second-order valence-corrected chi connectivity index (χ2v) is 3.69. The van der Waals surface area contributed by atoms with E-state index in [1.165, 1.54) is 17.2 Å². The van der Waals surface area contributed by atoms with E-state index in [-0.39, 0.29) is 17.7 Å².